The second-order valence-electron chi connectivity index (χ2n) is 6.81. The summed E-state index contributed by atoms with van der Waals surface area (Å²) in [4.78, 5) is 0. The van der Waals surface area contributed by atoms with Crippen molar-refractivity contribution >= 4 is 0 Å². The normalized spacial score (nSPS) is 29.6. The highest BCUT2D eigenvalue weighted by Gasteiger charge is 2.44. The van der Waals surface area contributed by atoms with E-state index in [1.165, 1.54) is 43.2 Å². The minimum absolute atomic E-state index is 0.264. The zero-order valence-corrected chi connectivity index (χ0v) is 13.0. The van der Waals surface area contributed by atoms with Gasteiger partial charge in [-0.05, 0) is 44.6 Å². The molecule has 2 nitrogen and oxygen atoms in total. The number of methoxy groups -OCH3 is 1. The molecular weight excluding hydrogens is 246 g/mol. The maximum Gasteiger partial charge on any atom is 0.122 e. The molecule has 3 rings (SSSR count). The van der Waals surface area contributed by atoms with Crippen molar-refractivity contribution in [3.05, 3.63) is 29.3 Å². The first-order valence-electron chi connectivity index (χ1n) is 8.04. The standard InChI is InChI=1S/C18H27NO/c1-13-6-9-17(20-3)16(11-13)18(10-4-5-14(18)2)12-19-15-7-8-15/h6,9,11,14-15,19H,4-5,7-8,10,12H2,1-3H3. The van der Waals surface area contributed by atoms with Crippen LogP contribution in [0.25, 0.3) is 0 Å². The van der Waals surface area contributed by atoms with E-state index in [1.54, 1.807) is 7.11 Å². The van der Waals surface area contributed by atoms with Crippen LogP contribution < -0.4 is 10.1 Å². The Morgan fingerprint density at radius 1 is 1.30 bits per heavy atom. The van der Waals surface area contributed by atoms with Crippen LogP contribution in [0.2, 0.25) is 0 Å². The van der Waals surface area contributed by atoms with Crippen LogP contribution in [-0.2, 0) is 5.41 Å². The quantitative estimate of drug-likeness (QED) is 0.880. The molecular formula is C18H27NO. The van der Waals surface area contributed by atoms with Crippen LogP contribution in [0, 0.1) is 12.8 Å². The Balaban J connectivity index is 1.97. The predicted octanol–water partition coefficient (Wildman–Crippen LogP) is 3.81. The van der Waals surface area contributed by atoms with Crippen molar-refractivity contribution < 1.29 is 4.74 Å². The zero-order valence-electron chi connectivity index (χ0n) is 13.0. The van der Waals surface area contributed by atoms with Crippen LogP contribution in [0.5, 0.6) is 5.75 Å². The molecule has 0 saturated heterocycles. The Bertz CT molecular complexity index is 480. The SMILES string of the molecule is COc1ccc(C)cc1C1(CNC2CC2)CCCC1C. The monoisotopic (exact) mass is 273 g/mol. The number of benzene rings is 1. The summed E-state index contributed by atoms with van der Waals surface area (Å²) in [7, 11) is 1.80. The molecule has 0 aliphatic heterocycles. The third-order valence-electron chi connectivity index (χ3n) is 5.38. The summed E-state index contributed by atoms with van der Waals surface area (Å²) in [5.74, 6) is 1.80. The van der Waals surface area contributed by atoms with Gasteiger partial charge < -0.3 is 10.1 Å². The van der Waals surface area contributed by atoms with Gasteiger partial charge in [0.2, 0.25) is 0 Å². The average molecular weight is 273 g/mol. The van der Waals surface area contributed by atoms with Gasteiger partial charge in [0.15, 0.2) is 0 Å². The first kappa shape index (κ1) is 13.9. The summed E-state index contributed by atoms with van der Waals surface area (Å²) in [6.07, 6.45) is 6.67. The maximum atomic E-state index is 5.68. The molecule has 0 heterocycles. The number of rotatable bonds is 5. The Morgan fingerprint density at radius 2 is 2.10 bits per heavy atom. The molecule has 2 fully saturated rings. The average Bonchev–Trinajstić information content (AvgIpc) is 3.20. The lowest BCUT2D eigenvalue weighted by Crippen LogP contribution is -2.41. The van der Waals surface area contributed by atoms with Crippen molar-refractivity contribution in [1.29, 1.82) is 0 Å². The number of aryl methyl sites for hydroxylation is 1. The van der Waals surface area contributed by atoms with Gasteiger partial charge in [-0.15, -0.1) is 0 Å². The molecule has 0 radical (unpaired) electrons. The predicted molar refractivity (Wildman–Crippen MR) is 83.4 cm³/mol. The molecule has 2 atom stereocenters. The molecule has 0 spiro atoms. The molecule has 1 N–H and O–H groups in total. The molecule has 20 heavy (non-hydrogen) atoms. The van der Waals surface area contributed by atoms with E-state index in [2.05, 4.69) is 37.4 Å². The zero-order chi connectivity index (χ0) is 14.2. The first-order valence-corrected chi connectivity index (χ1v) is 8.04. The highest BCUT2D eigenvalue weighted by atomic mass is 16.5. The Kier molecular flexibility index (Phi) is 3.76. The van der Waals surface area contributed by atoms with E-state index < -0.39 is 0 Å². The van der Waals surface area contributed by atoms with Crippen LogP contribution in [0.1, 0.15) is 50.2 Å². The number of nitrogens with one attached hydrogen (secondary N) is 1. The maximum absolute atomic E-state index is 5.68. The number of hydrogen-bond donors (Lipinski definition) is 1. The lowest BCUT2D eigenvalue weighted by Gasteiger charge is -2.36. The van der Waals surface area contributed by atoms with Gasteiger partial charge in [0, 0.05) is 23.6 Å². The lowest BCUT2D eigenvalue weighted by atomic mass is 9.72. The van der Waals surface area contributed by atoms with E-state index in [4.69, 9.17) is 4.74 Å². The molecule has 1 aromatic rings. The van der Waals surface area contributed by atoms with Crippen molar-refractivity contribution in [2.24, 2.45) is 5.92 Å². The van der Waals surface area contributed by atoms with Crippen molar-refractivity contribution in [1.82, 2.24) is 5.32 Å². The van der Waals surface area contributed by atoms with Gasteiger partial charge in [-0.1, -0.05) is 31.0 Å². The van der Waals surface area contributed by atoms with Crippen molar-refractivity contribution in [3.8, 4) is 5.75 Å². The smallest absolute Gasteiger partial charge is 0.122 e. The summed E-state index contributed by atoms with van der Waals surface area (Å²) < 4.78 is 5.68. The Labute approximate surface area is 122 Å². The molecule has 2 aliphatic rings. The molecule has 2 heteroatoms. The van der Waals surface area contributed by atoms with Gasteiger partial charge in [-0.3, -0.25) is 0 Å². The highest BCUT2D eigenvalue weighted by Crippen LogP contribution is 2.48. The Morgan fingerprint density at radius 3 is 2.70 bits per heavy atom. The first-order chi connectivity index (χ1) is 9.65. The summed E-state index contributed by atoms with van der Waals surface area (Å²) in [5.41, 5.74) is 3.03. The molecule has 1 aromatic carbocycles. The summed E-state index contributed by atoms with van der Waals surface area (Å²) in [6.45, 7) is 5.71. The van der Waals surface area contributed by atoms with E-state index >= 15 is 0 Å². The van der Waals surface area contributed by atoms with Gasteiger partial charge in [-0.25, -0.2) is 0 Å². The van der Waals surface area contributed by atoms with Gasteiger partial charge in [0.1, 0.15) is 5.75 Å². The van der Waals surface area contributed by atoms with E-state index in [0.717, 1.165) is 24.3 Å². The van der Waals surface area contributed by atoms with Gasteiger partial charge in [0.05, 0.1) is 7.11 Å². The third kappa shape index (κ3) is 2.46. The lowest BCUT2D eigenvalue weighted by molar-refractivity contribution is 0.300. The summed E-state index contributed by atoms with van der Waals surface area (Å²) >= 11 is 0. The number of ether oxygens (including phenoxy) is 1. The topological polar surface area (TPSA) is 21.3 Å². The molecule has 110 valence electrons. The molecule has 0 aromatic heterocycles. The van der Waals surface area contributed by atoms with E-state index in [0.29, 0.717) is 0 Å². The minimum Gasteiger partial charge on any atom is -0.496 e. The fraction of sp³-hybridized carbons (Fsp3) is 0.667. The largest absolute Gasteiger partial charge is 0.496 e. The van der Waals surface area contributed by atoms with Crippen LogP contribution in [0.15, 0.2) is 18.2 Å². The van der Waals surface area contributed by atoms with Gasteiger partial charge >= 0.3 is 0 Å². The van der Waals surface area contributed by atoms with Crippen LogP contribution >= 0.6 is 0 Å². The highest BCUT2D eigenvalue weighted by molar-refractivity contribution is 5.44. The van der Waals surface area contributed by atoms with Crippen molar-refractivity contribution in [2.45, 2.75) is 57.4 Å². The van der Waals surface area contributed by atoms with Crippen molar-refractivity contribution in [3.63, 3.8) is 0 Å². The summed E-state index contributed by atoms with van der Waals surface area (Å²) in [6, 6.07) is 7.43. The molecule has 2 unspecified atom stereocenters. The second-order valence-corrected chi connectivity index (χ2v) is 6.81. The van der Waals surface area contributed by atoms with Gasteiger partial charge in [-0.2, -0.15) is 0 Å². The number of hydrogen-bond acceptors (Lipinski definition) is 2. The fourth-order valence-electron chi connectivity index (χ4n) is 3.83. The van der Waals surface area contributed by atoms with Crippen LogP contribution in [0.4, 0.5) is 0 Å². The Hall–Kier alpha value is -1.02. The van der Waals surface area contributed by atoms with E-state index in [9.17, 15) is 0 Å². The van der Waals surface area contributed by atoms with E-state index in [1.807, 2.05) is 0 Å². The van der Waals surface area contributed by atoms with Gasteiger partial charge in [0.25, 0.3) is 0 Å². The summed E-state index contributed by atoms with van der Waals surface area (Å²) in [5, 5.41) is 3.78. The van der Waals surface area contributed by atoms with E-state index in [-0.39, 0.29) is 5.41 Å². The van der Waals surface area contributed by atoms with Crippen LogP contribution in [-0.4, -0.2) is 19.7 Å². The van der Waals surface area contributed by atoms with Crippen LogP contribution in [0.3, 0.4) is 0 Å². The third-order valence-corrected chi connectivity index (χ3v) is 5.38. The molecule has 2 aliphatic carbocycles. The molecule has 2 saturated carbocycles. The van der Waals surface area contributed by atoms with Crippen molar-refractivity contribution in [2.75, 3.05) is 13.7 Å². The molecule has 0 bridgehead atoms. The minimum atomic E-state index is 0.264. The second kappa shape index (κ2) is 5.40. The molecule has 0 amide bonds. The fourth-order valence-corrected chi connectivity index (χ4v) is 3.83.